The molecule has 2 rings (SSSR count). The smallest absolute Gasteiger partial charge is 0.343 e. The lowest BCUT2D eigenvalue weighted by Gasteiger charge is -2.11. The Labute approximate surface area is 125 Å². The lowest BCUT2D eigenvalue weighted by Crippen LogP contribution is -2.11. The highest BCUT2D eigenvalue weighted by atomic mass is 16.5. The first-order chi connectivity index (χ1) is 10.2. The Morgan fingerprint density at radius 3 is 2.43 bits per heavy atom. The summed E-state index contributed by atoms with van der Waals surface area (Å²) >= 11 is 0. The molecular weight excluding hydrogens is 262 g/mol. The van der Waals surface area contributed by atoms with Crippen LogP contribution in [0.5, 0.6) is 5.75 Å². The summed E-state index contributed by atoms with van der Waals surface area (Å²) in [4.78, 5) is 12.1. The number of hydrogen-bond acceptors (Lipinski definition) is 3. The Balaban J connectivity index is 2.17. The summed E-state index contributed by atoms with van der Waals surface area (Å²) in [6.07, 6.45) is 2.69. The van der Waals surface area contributed by atoms with Crippen LogP contribution in [0.1, 0.15) is 42.1 Å². The van der Waals surface area contributed by atoms with Crippen LogP contribution < -0.4 is 4.74 Å². The molecule has 0 bridgehead atoms. The number of carbonyl (C=O) groups excluding carboxylic acids is 1. The van der Waals surface area contributed by atoms with E-state index in [1.807, 2.05) is 24.3 Å². The van der Waals surface area contributed by atoms with E-state index in [-0.39, 0.29) is 0 Å². The van der Waals surface area contributed by atoms with E-state index < -0.39 is 5.97 Å². The van der Waals surface area contributed by atoms with Crippen molar-refractivity contribution >= 4 is 11.7 Å². The van der Waals surface area contributed by atoms with Gasteiger partial charge in [0.15, 0.2) is 0 Å². The number of hydrogen-bond donors (Lipinski definition) is 1. The van der Waals surface area contributed by atoms with Crippen molar-refractivity contribution < 1.29 is 9.53 Å². The molecule has 0 aliphatic heterocycles. The van der Waals surface area contributed by atoms with Crippen molar-refractivity contribution in [2.24, 2.45) is 0 Å². The second-order valence-electron chi connectivity index (χ2n) is 4.83. The van der Waals surface area contributed by atoms with Crippen molar-refractivity contribution in [3.05, 3.63) is 65.7 Å². The number of unbranched alkanes of at least 4 members (excludes halogenated alkanes) is 1. The van der Waals surface area contributed by atoms with Crippen molar-refractivity contribution in [1.82, 2.24) is 0 Å². The van der Waals surface area contributed by atoms with Crippen molar-refractivity contribution in [1.29, 1.82) is 5.41 Å². The minimum Gasteiger partial charge on any atom is -0.422 e. The maximum Gasteiger partial charge on any atom is 0.343 e. The molecule has 0 aliphatic rings. The second-order valence-corrected chi connectivity index (χ2v) is 4.83. The molecule has 0 heterocycles. The van der Waals surface area contributed by atoms with E-state index in [0.29, 0.717) is 29.0 Å². The molecule has 0 aromatic heterocycles. The average Bonchev–Trinajstić information content (AvgIpc) is 2.54. The predicted molar refractivity (Wildman–Crippen MR) is 84.2 cm³/mol. The number of para-hydroxylation sites is 1. The van der Waals surface area contributed by atoms with Gasteiger partial charge in [0, 0.05) is 11.3 Å². The largest absolute Gasteiger partial charge is 0.422 e. The van der Waals surface area contributed by atoms with E-state index in [0.717, 1.165) is 12.8 Å². The number of benzene rings is 2. The first kappa shape index (κ1) is 15.0. The van der Waals surface area contributed by atoms with Crippen LogP contribution in [0, 0.1) is 5.41 Å². The average molecular weight is 281 g/mol. The molecule has 2 aromatic rings. The molecule has 0 amide bonds. The van der Waals surface area contributed by atoms with Gasteiger partial charge in [-0.05, 0) is 37.1 Å². The molecule has 0 unspecified atom stereocenters. The van der Waals surface area contributed by atoms with Crippen LogP contribution in [0.25, 0.3) is 0 Å². The van der Waals surface area contributed by atoms with E-state index in [1.54, 1.807) is 30.3 Å². The summed E-state index contributed by atoms with van der Waals surface area (Å²) < 4.78 is 5.45. The maximum atomic E-state index is 12.1. The third kappa shape index (κ3) is 4.02. The summed E-state index contributed by atoms with van der Waals surface area (Å²) in [6, 6.07) is 16.1. The van der Waals surface area contributed by atoms with Crippen molar-refractivity contribution in [2.75, 3.05) is 0 Å². The van der Waals surface area contributed by atoms with Gasteiger partial charge in [-0.2, -0.15) is 0 Å². The van der Waals surface area contributed by atoms with E-state index in [1.165, 1.54) is 0 Å². The lowest BCUT2D eigenvalue weighted by molar-refractivity contribution is 0.0734. The van der Waals surface area contributed by atoms with Crippen LogP contribution in [0.15, 0.2) is 54.6 Å². The molecular formula is C18H19NO2. The van der Waals surface area contributed by atoms with Gasteiger partial charge < -0.3 is 10.1 Å². The van der Waals surface area contributed by atoms with E-state index in [4.69, 9.17) is 10.1 Å². The molecule has 1 N–H and O–H groups in total. The van der Waals surface area contributed by atoms with Gasteiger partial charge in [-0.25, -0.2) is 4.79 Å². The van der Waals surface area contributed by atoms with E-state index in [9.17, 15) is 4.79 Å². The molecule has 3 nitrogen and oxygen atoms in total. The number of nitrogens with one attached hydrogen (secondary N) is 1. The molecule has 0 saturated heterocycles. The molecule has 0 aliphatic carbocycles. The summed E-state index contributed by atoms with van der Waals surface area (Å²) in [5.74, 6) is 0.0544. The maximum absolute atomic E-state index is 12.1. The predicted octanol–water partition coefficient (Wildman–Crippen LogP) is 4.46. The van der Waals surface area contributed by atoms with Crippen molar-refractivity contribution in [2.45, 2.75) is 26.2 Å². The summed E-state index contributed by atoms with van der Waals surface area (Å²) in [5.41, 5.74) is 1.70. The van der Waals surface area contributed by atoms with Crippen LogP contribution in [-0.2, 0) is 0 Å². The Morgan fingerprint density at radius 2 is 1.71 bits per heavy atom. The molecule has 2 aromatic carbocycles. The third-order valence-electron chi connectivity index (χ3n) is 3.20. The Hall–Kier alpha value is -2.42. The summed E-state index contributed by atoms with van der Waals surface area (Å²) in [5, 5.41) is 8.13. The second kappa shape index (κ2) is 7.39. The normalized spacial score (nSPS) is 10.1. The topological polar surface area (TPSA) is 50.1 Å². The standard InChI is InChI=1S/C18H19NO2/c1-2-3-12-16(19)15-11-7-8-13-17(15)21-18(20)14-9-5-4-6-10-14/h4-11,13,19H,2-3,12H2,1H3. The molecule has 0 saturated carbocycles. The minimum atomic E-state index is -0.397. The quantitative estimate of drug-likeness (QED) is 0.482. The number of carbonyl (C=O) groups is 1. The fourth-order valence-electron chi connectivity index (χ4n) is 2.03. The first-order valence-corrected chi connectivity index (χ1v) is 7.16. The van der Waals surface area contributed by atoms with Gasteiger partial charge in [0.05, 0.1) is 5.56 Å². The SMILES string of the molecule is CCCCC(=N)c1ccccc1OC(=O)c1ccccc1. The van der Waals surface area contributed by atoms with Gasteiger partial charge in [0.1, 0.15) is 5.75 Å². The fourth-order valence-corrected chi connectivity index (χ4v) is 2.03. The molecule has 0 spiro atoms. The highest BCUT2D eigenvalue weighted by Gasteiger charge is 2.13. The van der Waals surface area contributed by atoms with Crippen molar-refractivity contribution in [3.8, 4) is 5.75 Å². The van der Waals surface area contributed by atoms with Crippen LogP contribution in [0.3, 0.4) is 0 Å². The zero-order chi connectivity index (χ0) is 15.1. The number of ether oxygens (including phenoxy) is 1. The molecule has 0 fully saturated rings. The van der Waals surface area contributed by atoms with Gasteiger partial charge in [-0.3, -0.25) is 0 Å². The number of esters is 1. The van der Waals surface area contributed by atoms with Gasteiger partial charge in [-0.15, -0.1) is 0 Å². The summed E-state index contributed by atoms with van der Waals surface area (Å²) in [7, 11) is 0. The van der Waals surface area contributed by atoms with E-state index in [2.05, 4.69) is 6.92 Å². The molecule has 0 radical (unpaired) electrons. The van der Waals surface area contributed by atoms with Crippen LogP contribution in [0.2, 0.25) is 0 Å². The van der Waals surface area contributed by atoms with Gasteiger partial charge >= 0.3 is 5.97 Å². The number of rotatable bonds is 6. The first-order valence-electron chi connectivity index (χ1n) is 7.16. The molecule has 21 heavy (non-hydrogen) atoms. The lowest BCUT2D eigenvalue weighted by atomic mass is 10.0. The van der Waals surface area contributed by atoms with Crippen LogP contribution >= 0.6 is 0 Å². The molecule has 3 heteroatoms. The van der Waals surface area contributed by atoms with E-state index >= 15 is 0 Å². The van der Waals surface area contributed by atoms with Gasteiger partial charge in [0.25, 0.3) is 0 Å². The Kier molecular flexibility index (Phi) is 5.27. The highest BCUT2D eigenvalue weighted by molar-refractivity contribution is 6.02. The zero-order valence-electron chi connectivity index (χ0n) is 12.1. The third-order valence-corrected chi connectivity index (χ3v) is 3.20. The molecule has 0 atom stereocenters. The van der Waals surface area contributed by atoms with Crippen LogP contribution in [0.4, 0.5) is 0 Å². The van der Waals surface area contributed by atoms with Crippen molar-refractivity contribution in [3.63, 3.8) is 0 Å². The van der Waals surface area contributed by atoms with Crippen LogP contribution in [-0.4, -0.2) is 11.7 Å². The van der Waals surface area contributed by atoms with Gasteiger partial charge in [-0.1, -0.05) is 43.7 Å². The van der Waals surface area contributed by atoms with Gasteiger partial charge in [0.2, 0.25) is 0 Å². The fraction of sp³-hybridized carbons (Fsp3) is 0.222. The summed E-state index contributed by atoms with van der Waals surface area (Å²) in [6.45, 7) is 2.09. The zero-order valence-corrected chi connectivity index (χ0v) is 12.1. The Bertz CT molecular complexity index is 620. The highest BCUT2D eigenvalue weighted by Crippen LogP contribution is 2.21. The minimum absolute atomic E-state index is 0.397. The monoisotopic (exact) mass is 281 g/mol. The Morgan fingerprint density at radius 1 is 1.05 bits per heavy atom. The molecule has 108 valence electrons.